The molecule has 0 N–H and O–H groups in total. The molecule has 0 aliphatic carbocycles. The zero-order valence-electron chi connectivity index (χ0n) is 17.3. The number of benzene rings is 2. The van der Waals surface area contributed by atoms with Crippen LogP contribution in [0.25, 0.3) is 0 Å². The van der Waals surface area contributed by atoms with Crippen LogP contribution in [0.15, 0.2) is 42.5 Å². The van der Waals surface area contributed by atoms with Crippen LogP contribution in [0, 0.1) is 12.8 Å². The van der Waals surface area contributed by atoms with Gasteiger partial charge >= 0.3 is 0 Å². The lowest BCUT2D eigenvalue weighted by molar-refractivity contribution is -0.136. The van der Waals surface area contributed by atoms with Gasteiger partial charge in [-0.2, -0.15) is 0 Å². The number of carbonyl (C=O) groups is 2. The van der Waals surface area contributed by atoms with E-state index in [2.05, 4.69) is 11.8 Å². The third-order valence-electron chi connectivity index (χ3n) is 5.96. The average molecular weight is 428 g/mol. The minimum atomic E-state index is -0.293. The van der Waals surface area contributed by atoms with Gasteiger partial charge in [0.05, 0.1) is 13.0 Å². The summed E-state index contributed by atoms with van der Waals surface area (Å²) in [6, 6.07) is 13.3. The molecule has 0 radical (unpaired) electrons. The molecule has 0 aromatic heterocycles. The molecule has 7 heteroatoms. The van der Waals surface area contributed by atoms with Crippen molar-refractivity contribution in [2.75, 3.05) is 49.6 Å². The third kappa shape index (κ3) is 4.10. The second-order valence-electron chi connectivity index (χ2n) is 7.85. The van der Waals surface area contributed by atoms with E-state index in [1.165, 1.54) is 5.56 Å². The number of rotatable bonds is 4. The second-order valence-corrected chi connectivity index (χ2v) is 8.28. The van der Waals surface area contributed by atoms with Crippen LogP contribution < -0.4 is 14.5 Å². The second kappa shape index (κ2) is 8.56. The molecule has 1 atom stereocenters. The minimum absolute atomic E-state index is 0.00768. The third-order valence-corrected chi connectivity index (χ3v) is 6.20. The Morgan fingerprint density at radius 2 is 1.77 bits per heavy atom. The van der Waals surface area contributed by atoms with Crippen molar-refractivity contribution in [1.82, 2.24) is 4.90 Å². The molecule has 30 heavy (non-hydrogen) atoms. The first-order valence-corrected chi connectivity index (χ1v) is 10.6. The van der Waals surface area contributed by atoms with Crippen molar-refractivity contribution in [3.05, 3.63) is 53.1 Å². The summed E-state index contributed by atoms with van der Waals surface area (Å²) in [4.78, 5) is 31.5. The minimum Gasteiger partial charge on any atom is -0.497 e. The van der Waals surface area contributed by atoms with E-state index in [1.54, 1.807) is 12.0 Å². The highest BCUT2D eigenvalue weighted by molar-refractivity contribution is 6.30. The molecule has 158 valence electrons. The van der Waals surface area contributed by atoms with Crippen molar-refractivity contribution in [3.8, 4) is 5.75 Å². The van der Waals surface area contributed by atoms with Crippen molar-refractivity contribution >= 4 is 34.8 Å². The molecular weight excluding hydrogens is 402 g/mol. The van der Waals surface area contributed by atoms with Crippen molar-refractivity contribution in [1.29, 1.82) is 0 Å². The Hall–Kier alpha value is -2.73. The summed E-state index contributed by atoms with van der Waals surface area (Å²) in [6.07, 6.45) is 0.262. The van der Waals surface area contributed by atoms with Crippen molar-refractivity contribution < 1.29 is 14.3 Å². The summed E-state index contributed by atoms with van der Waals surface area (Å²) >= 11 is 6.16. The SMILES string of the molecule is COc1ccc(N2C[C@H](C(=O)N3CCN(c4cc(Cl)ccc4C)CC3)CC2=O)cc1. The van der Waals surface area contributed by atoms with Crippen LogP contribution in [0.1, 0.15) is 12.0 Å². The van der Waals surface area contributed by atoms with Gasteiger partial charge in [-0.25, -0.2) is 0 Å². The Kier molecular flexibility index (Phi) is 5.86. The van der Waals surface area contributed by atoms with Gasteiger partial charge in [0.15, 0.2) is 0 Å². The van der Waals surface area contributed by atoms with E-state index in [9.17, 15) is 9.59 Å². The first-order valence-electron chi connectivity index (χ1n) is 10.2. The number of nitrogens with zero attached hydrogens (tertiary/aromatic N) is 3. The zero-order chi connectivity index (χ0) is 21.3. The van der Waals surface area contributed by atoms with Gasteiger partial charge in [0, 0.05) is 55.5 Å². The van der Waals surface area contributed by atoms with E-state index in [4.69, 9.17) is 16.3 Å². The molecule has 2 heterocycles. The van der Waals surface area contributed by atoms with Gasteiger partial charge in [0.2, 0.25) is 11.8 Å². The number of hydrogen-bond donors (Lipinski definition) is 0. The number of amides is 2. The summed E-state index contributed by atoms with van der Waals surface area (Å²) in [5.74, 6) is 0.512. The zero-order valence-corrected chi connectivity index (χ0v) is 18.1. The predicted molar refractivity (Wildman–Crippen MR) is 118 cm³/mol. The van der Waals surface area contributed by atoms with Gasteiger partial charge in [-0.3, -0.25) is 9.59 Å². The molecule has 4 rings (SSSR count). The van der Waals surface area contributed by atoms with Gasteiger partial charge in [0.25, 0.3) is 0 Å². The number of ether oxygens (including phenoxy) is 1. The number of anilines is 2. The Bertz CT molecular complexity index is 939. The molecule has 0 unspecified atom stereocenters. The molecule has 0 spiro atoms. The molecule has 2 saturated heterocycles. The van der Waals surface area contributed by atoms with Crippen LogP contribution >= 0.6 is 11.6 Å². The van der Waals surface area contributed by atoms with Crippen molar-refractivity contribution in [2.24, 2.45) is 5.92 Å². The molecule has 2 amide bonds. The lowest BCUT2D eigenvalue weighted by atomic mass is 10.1. The summed E-state index contributed by atoms with van der Waals surface area (Å²) in [5, 5.41) is 0.720. The van der Waals surface area contributed by atoms with Crippen LogP contribution in [-0.2, 0) is 9.59 Å². The lowest BCUT2D eigenvalue weighted by Gasteiger charge is -2.37. The highest BCUT2D eigenvalue weighted by atomic mass is 35.5. The van der Waals surface area contributed by atoms with Crippen LogP contribution in [-0.4, -0.2) is 56.5 Å². The van der Waals surface area contributed by atoms with E-state index in [0.29, 0.717) is 19.6 Å². The molecule has 2 aliphatic heterocycles. The Labute approximate surface area is 182 Å². The first kappa shape index (κ1) is 20.5. The normalized spacial score (nSPS) is 19.4. The number of carbonyl (C=O) groups excluding carboxylic acids is 2. The van der Waals surface area contributed by atoms with Crippen LogP contribution in [0.3, 0.4) is 0 Å². The largest absolute Gasteiger partial charge is 0.497 e. The topological polar surface area (TPSA) is 53.1 Å². The standard InChI is InChI=1S/C23H26ClN3O3/c1-16-3-4-18(24)14-21(16)25-9-11-26(12-10-25)23(29)17-13-22(28)27(15-17)19-5-7-20(30-2)8-6-19/h3-8,14,17H,9-13,15H2,1-2H3/t17-/m1/s1. The summed E-state index contributed by atoms with van der Waals surface area (Å²) in [7, 11) is 1.61. The molecular formula is C23H26ClN3O3. The fraction of sp³-hybridized carbons (Fsp3) is 0.391. The number of methoxy groups -OCH3 is 1. The summed E-state index contributed by atoms with van der Waals surface area (Å²) < 4.78 is 5.18. The highest BCUT2D eigenvalue weighted by Gasteiger charge is 2.38. The van der Waals surface area contributed by atoms with Gasteiger partial charge in [0.1, 0.15) is 5.75 Å². The van der Waals surface area contributed by atoms with Gasteiger partial charge in [-0.05, 0) is 48.9 Å². The highest BCUT2D eigenvalue weighted by Crippen LogP contribution is 2.29. The predicted octanol–water partition coefficient (Wildman–Crippen LogP) is 3.36. The Balaban J connectivity index is 1.37. The Morgan fingerprint density at radius 1 is 1.07 bits per heavy atom. The van der Waals surface area contributed by atoms with Gasteiger partial charge < -0.3 is 19.4 Å². The van der Waals surface area contributed by atoms with E-state index in [0.717, 1.165) is 35.2 Å². The summed E-state index contributed by atoms with van der Waals surface area (Å²) in [6.45, 7) is 5.32. The van der Waals surface area contributed by atoms with E-state index in [-0.39, 0.29) is 24.2 Å². The van der Waals surface area contributed by atoms with E-state index < -0.39 is 0 Å². The number of halogens is 1. The molecule has 2 aromatic carbocycles. The van der Waals surface area contributed by atoms with E-state index in [1.807, 2.05) is 47.4 Å². The monoisotopic (exact) mass is 427 g/mol. The quantitative estimate of drug-likeness (QED) is 0.750. The van der Waals surface area contributed by atoms with Gasteiger partial charge in [-0.1, -0.05) is 17.7 Å². The molecule has 0 bridgehead atoms. The van der Waals surface area contributed by atoms with E-state index >= 15 is 0 Å². The maximum Gasteiger partial charge on any atom is 0.228 e. The number of piperazine rings is 1. The summed E-state index contributed by atoms with van der Waals surface area (Å²) in [5.41, 5.74) is 3.10. The van der Waals surface area contributed by atoms with Crippen LogP contribution in [0.2, 0.25) is 5.02 Å². The van der Waals surface area contributed by atoms with Gasteiger partial charge in [-0.15, -0.1) is 0 Å². The molecule has 0 saturated carbocycles. The van der Waals surface area contributed by atoms with Crippen molar-refractivity contribution in [3.63, 3.8) is 0 Å². The maximum absolute atomic E-state index is 13.1. The number of aryl methyl sites for hydroxylation is 1. The molecule has 2 aliphatic rings. The smallest absolute Gasteiger partial charge is 0.228 e. The Morgan fingerprint density at radius 3 is 2.43 bits per heavy atom. The first-order chi connectivity index (χ1) is 14.5. The molecule has 6 nitrogen and oxygen atoms in total. The van der Waals surface area contributed by atoms with Crippen molar-refractivity contribution in [2.45, 2.75) is 13.3 Å². The average Bonchev–Trinajstić information content (AvgIpc) is 3.16. The fourth-order valence-corrected chi connectivity index (χ4v) is 4.40. The van der Waals surface area contributed by atoms with Crippen LogP contribution in [0.5, 0.6) is 5.75 Å². The van der Waals surface area contributed by atoms with Crippen LogP contribution in [0.4, 0.5) is 11.4 Å². The molecule has 2 fully saturated rings. The molecule has 2 aromatic rings. The fourth-order valence-electron chi connectivity index (χ4n) is 4.23. The number of hydrogen-bond acceptors (Lipinski definition) is 4. The lowest BCUT2D eigenvalue weighted by Crippen LogP contribution is -2.50. The maximum atomic E-state index is 13.1.